The maximum Gasteiger partial charge on any atom is 0.469 e. The first-order chi connectivity index (χ1) is 8.44. The van der Waals surface area contributed by atoms with Crippen molar-refractivity contribution >= 4 is 18.7 Å². The zero-order chi connectivity index (χ0) is 13.2. The molecule has 3 N–H and O–H groups in total. The Hall–Kier alpha value is -1.20. The van der Waals surface area contributed by atoms with Crippen molar-refractivity contribution in [2.24, 2.45) is 0 Å². The van der Waals surface area contributed by atoms with Gasteiger partial charge < -0.3 is 14.8 Å². The maximum atomic E-state index is 13.0. The highest BCUT2D eigenvalue weighted by Gasteiger charge is 2.12. The van der Waals surface area contributed by atoms with Gasteiger partial charge in [0.05, 0.1) is 6.61 Å². The van der Waals surface area contributed by atoms with E-state index in [1.54, 1.807) is 6.07 Å². The number of nitrogens with one attached hydrogen (secondary N) is 1. The van der Waals surface area contributed by atoms with Gasteiger partial charge in [-0.15, -0.1) is 0 Å². The molecule has 2 rings (SSSR count). The highest BCUT2D eigenvalue weighted by molar-refractivity contribution is 7.46. The van der Waals surface area contributed by atoms with E-state index in [0.29, 0.717) is 12.8 Å². The smallest absolute Gasteiger partial charge is 0.358 e. The van der Waals surface area contributed by atoms with Crippen LogP contribution < -0.4 is 0 Å². The van der Waals surface area contributed by atoms with Gasteiger partial charge in [-0.3, -0.25) is 4.52 Å². The molecule has 0 saturated heterocycles. The molecule has 1 aromatic carbocycles. The van der Waals surface area contributed by atoms with Gasteiger partial charge in [-0.25, -0.2) is 8.96 Å². The number of benzene rings is 1. The summed E-state index contributed by atoms with van der Waals surface area (Å²) >= 11 is 0. The Bertz CT molecular complexity index is 592. The third-order valence-electron chi connectivity index (χ3n) is 2.49. The normalized spacial score (nSPS) is 12.2. The van der Waals surface area contributed by atoms with E-state index in [9.17, 15) is 8.96 Å². The van der Waals surface area contributed by atoms with Crippen LogP contribution in [0.2, 0.25) is 0 Å². The van der Waals surface area contributed by atoms with E-state index in [1.807, 2.05) is 6.07 Å². The van der Waals surface area contributed by atoms with E-state index >= 15 is 0 Å². The molecule has 18 heavy (non-hydrogen) atoms. The number of hydrogen-bond donors (Lipinski definition) is 3. The van der Waals surface area contributed by atoms with Gasteiger partial charge in [-0.1, -0.05) is 0 Å². The molecule has 0 atom stereocenters. The molecule has 5 nitrogen and oxygen atoms in total. The summed E-state index contributed by atoms with van der Waals surface area (Å²) < 4.78 is 27.7. The van der Waals surface area contributed by atoms with Crippen LogP contribution in [0.25, 0.3) is 10.9 Å². The fourth-order valence-electron chi connectivity index (χ4n) is 1.74. The Morgan fingerprint density at radius 2 is 2.11 bits per heavy atom. The van der Waals surface area contributed by atoms with Gasteiger partial charge in [-0.05, 0) is 37.1 Å². The van der Waals surface area contributed by atoms with Gasteiger partial charge in [0.25, 0.3) is 0 Å². The molecule has 1 aromatic heterocycles. The zero-order valence-electron chi connectivity index (χ0n) is 9.47. The molecule has 2 aromatic rings. The van der Waals surface area contributed by atoms with Crippen LogP contribution in [0.5, 0.6) is 0 Å². The maximum absolute atomic E-state index is 13.0. The molecular weight excluding hydrogens is 260 g/mol. The number of halogens is 1. The van der Waals surface area contributed by atoms with E-state index < -0.39 is 7.82 Å². The van der Waals surface area contributed by atoms with Crippen LogP contribution in [-0.4, -0.2) is 21.4 Å². The number of hydrogen-bond acceptors (Lipinski definition) is 2. The van der Waals surface area contributed by atoms with Gasteiger partial charge >= 0.3 is 7.82 Å². The van der Waals surface area contributed by atoms with Crippen LogP contribution in [-0.2, 0) is 15.5 Å². The summed E-state index contributed by atoms with van der Waals surface area (Å²) in [5.74, 6) is -0.294. The number of H-pyrrole nitrogens is 1. The van der Waals surface area contributed by atoms with E-state index in [2.05, 4.69) is 9.51 Å². The number of aromatic nitrogens is 1. The van der Waals surface area contributed by atoms with Crippen LogP contribution in [0, 0.1) is 5.82 Å². The third kappa shape index (κ3) is 3.65. The molecule has 0 amide bonds. The Labute approximate surface area is 103 Å². The Morgan fingerprint density at radius 3 is 2.83 bits per heavy atom. The lowest BCUT2D eigenvalue weighted by Crippen LogP contribution is -1.95. The number of aromatic amines is 1. The van der Waals surface area contributed by atoms with Gasteiger partial charge in [0.15, 0.2) is 0 Å². The molecule has 0 aliphatic heterocycles. The Morgan fingerprint density at radius 1 is 1.33 bits per heavy atom. The Balaban J connectivity index is 1.94. The second-order valence-corrected chi connectivity index (χ2v) is 5.19. The first-order valence-electron chi connectivity index (χ1n) is 5.41. The van der Waals surface area contributed by atoms with Crippen molar-refractivity contribution in [2.45, 2.75) is 12.8 Å². The lowest BCUT2D eigenvalue weighted by molar-refractivity contribution is 0.195. The minimum absolute atomic E-state index is 0.0198. The highest BCUT2D eigenvalue weighted by atomic mass is 31.2. The van der Waals surface area contributed by atoms with Gasteiger partial charge in [0.2, 0.25) is 0 Å². The van der Waals surface area contributed by atoms with Gasteiger partial charge in [-0.2, -0.15) is 0 Å². The molecule has 98 valence electrons. The number of phosphoric acid groups is 1. The summed E-state index contributed by atoms with van der Waals surface area (Å²) in [6, 6.07) is 6.27. The summed E-state index contributed by atoms with van der Waals surface area (Å²) in [5, 5.41) is 0.779. The van der Waals surface area contributed by atoms with E-state index in [1.165, 1.54) is 12.1 Å². The number of aryl methyl sites for hydroxylation is 1. The van der Waals surface area contributed by atoms with Crippen LogP contribution in [0.4, 0.5) is 4.39 Å². The minimum atomic E-state index is -4.38. The molecule has 0 spiro atoms. The molecule has 0 saturated carbocycles. The first-order valence-corrected chi connectivity index (χ1v) is 6.94. The molecule has 0 radical (unpaired) electrons. The summed E-state index contributed by atoms with van der Waals surface area (Å²) in [4.78, 5) is 20.1. The SMILES string of the molecule is O=P(O)(O)OCCCc1cc2cc(F)ccc2[nH]1. The monoisotopic (exact) mass is 273 g/mol. The fraction of sp³-hybridized carbons (Fsp3) is 0.273. The summed E-state index contributed by atoms with van der Waals surface area (Å²) in [7, 11) is -4.38. The summed E-state index contributed by atoms with van der Waals surface area (Å²) in [5.41, 5.74) is 1.72. The molecule has 0 unspecified atom stereocenters. The quantitative estimate of drug-likeness (QED) is 0.577. The van der Waals surface area contributed by atoms with Crippen LogP contribution in [0.15, 0.2) is 24.3 Å². The minimum Gasteiger partial charge on any atom is -0.358 e. The molecule has 0 aliphatic carbocycles. The largest absolute Gasteiger partial charge is 0.469 e. The van der Waals surface area contributed by atoms with Crippen molar-refractivity contribution in [3.63, 3.8) is 0 Å². The molecule has 0 fully saturated rings. The van der Waals surface area contributed by atoms with Crippen molar-refractivity contribution in [3.8, 4) is 0 Å². The average molecular weight is 273 g/mol. The molecule has 1 heterocycles. The van der Waals surface area contributed by atoms with E-state index in [4.69, 9.17) is 9.79 Å². The molecule has 7 heteroatoms. The third-order valence-corrected chi connectivity index (χ3v) is 3.01. The summed E-state index contributed by atoms with van der Waals surface area (Å²) in [6.45, 7) is -0.0198. The van der Waals surface area contributed by atoms with Crippen molar-refractivity contribution in [1.29, 1.82) is 0 Å². The fourth-order valence-corrected chi connectivity index (χ4v) is 2.11. The predicted molar refractivity (Wildman–Crippen MR) is 64.6 cm³/mol. The lowest BCUT2D eigenvalue weighted by atomic mass is 10.2. The van der Waals surface area contributed by atoms with Gasteiger partial charge in [0, 0.05) is 16.6 Å². The molecule has 0 aliphatic rings. The Kier molecular flexibility index (Phi) is 3.82. The lowest BCUT2D eigenvalue weighted by Gasteiger charge is -2.03. The van der Waals surface area contributed by atoms with Crippen LogP contribution in [0.3, 0.4) is 0 Å². The van der Waals surface area contributed by atoms with E-state index in [0.717, 1.165) is 16.6 Å². The topological polar surface area (TPSA) is 82.6 Å². The van der Waals surface area contributed by atoms with Crippen molar-refractivity contribution < 1.29 is 23.3 Å². The standard InChI is InChI=1S/C11H13FNO4P/c12-9-3-4-11-8(6-9)7-10(13-11)2-1-5-17-18(14,15)16/h3-4,6-7,13H,1-2,5H2,(H2,14,15,16). The zero-order valence-corrected chi connectivity index (χ0v) is 10.4. The van der Waals surface area contributed by atoms with Crippen molar-refractivity contribution in [3.05, 3.63) is 35.8 Å². The van der Waals surface area contributed by atoms with Crippen LogP contribution in [0.1, 0.15) is 12.1 Å². The first kappa shape index (κ1) is 13.2. The average Bonchev–Trinajstić information content (AvgIpc) is 2.65. The number of phosphoric ester groups is 1. The summed E-state index contributed by atoms with van der Waals surface area (Å²) in [6.07, 6.45) is 1.05. The highest BCUT2D eigenvalue weighted by Crippen LogP contribution is 2.35. The second kappa shape index (κ2) is 5.20. The van der Waals surface area contributed by atoms with Crippen molar-refractivity contribution in [1.82, 2.24) is 4.98 Å². The number of fused-ring (bicyclic) bond motifs is 1. The van der Waals surface area contributed by atoms with E-state index in [-0.39, 0.29) is 12.4 Å². The number of rotatable bonds is 5. The predicted octanol–water partition coefficient (Wildman–Crippen LogP) is 2.35. The molecular formula is C11H13FNO4P. The second-order valence-electron chi connectivity index (χ2n) is 3.95. The van der Waals surface area contributed by atoms with Gasteiger partial charge in [0.1, 0.15) is 5.82 Å². The van der Waals surface area contributed by atoms with Crippen molar-refractivity contribution in [2.75, 3.05) is 6.61 Å². The molecule has 0 bridgehead atoms. The van der Waals surface area contributed by atoms with Crippen LogP contribution >= 0.6 is 7.82 Å².